The standard InChI is InChI=1S/C21H23NO5/c1-4-13-27-21(24)15-5-8-17(9-6-15)22-20(23)12-7-16-14-18(25-2)10-11-19(16)26-3/h5-12,14H,4,13H2,1-3H3,(H,22,23)/b12-7+. The molecule has 0 aliphatic rings. The van der Waals surface area contributed by atoms with Crippen LogP contribution in [0, 0.1) is 0 Å². The Hall–Kier alpha value is -3.28. The number of amides is 1. The van der Waals surface area contributed by atoms with Gasteiger partial charge in [0.2, 0.25) is 5.91 Å². The molecular formula is C21H23NO5. The van der Waals surface area contributed by atoms with Gasteiger partial charge in [-0.1, -0.05) is 6.92 Å². The number of esters is 1. The number of rotatable bonds is 8. The average Bonchev–Trinajstić information content (AvgIpc) is 2.70. The maximum atomic E-state index is 12.1. The first-order valence-corrected chi connectivity index (χ1v) is 8.55. The van der Waals surface area contributed by atoms with Crippen LogP contribution in [0.15, 0.2) is 48.5 Å². The third-order valence-corrected chi connectivity index (χ3v) is 3.68. The third-order valence-electron chi connectivity index (χ3n) is 3.68. The zero-order valence-corrected chi connectivity index (χ0v) is 15.7. The number of hydrogen-bond donors (Lipinski definition) is 1. The second-order valence-electron chi connectivity index (χ2n) is 5.64. The van der Waals surface area contributed by atoms with Gasteiger partial charge in [-0.05, 0) is 55.0 Å². The van der Waals surface area contributed by atoms with Crippen molar-refractivity contribution in [3.8, 4) is 11.5 Å². The maximum absolute atomic E-state index is 12.1. The van der Waals surface area contributed by atoms with Crippen LogP contribution in [0.3, 0.4) is 0 Å². The first-order chi connectivity index (χ1) is 13.1. The Morgan fingerprint density at radius 2 is 1.78 bits per heavy atom. The average molecular weight is 369 g/mol. The molecule has 0 aliphatic carbocycles. The smallest absolute Gasteiger partial charge is 0.338 e. The Balaban J connectivity index is 2.01. The summed E-state index contributed by atoms with van der Waals surface area (Å²) in [5, 5.41) is 2.74. The highest BCUT2D eigenvalue weighted by Gasteiger charge is 2.07. The molecule has 2 aromatic carbocycles. The molecule has 0 aliphatic heterocycles. The van der Waals surface area contributed by atoms with Gasteiger partial charge in [0, 0.05) is 17.3 Å². The Morgan fingerprint density at radius 1 is 1.04 bits per heavy atom. The Bertz CT molecular complexity index is 812. The van der Waals surface area contributed by atoms with E-state index in [1.165, 1.54) is 6.08 Å². The summed E-state index contributed by atoms with van der Waals surface area (Å²) in [5.41, 5.74) is 1.74. The first kappa shape index (κ1) is 20.0. The number of carbonyl (C=O) groups excluding carboxylic acids is 2. The van der Waals surface area contributed by atoms with E-state index in [-0.39, 0.29) is 11.9 Å². The molecule has 2 rings (SSSR count). The van der Waals surface area contributed by atoms with Gasteiger partial charge in [0.25, 0.3) is 0 Å². The first-order valence-electron chi connectivity index (χ1n) is 8.55. The minimum Gasteiger partial charge on any atom is -0.497 e. The lowest BCUT2D eigenvalue weighted by atomic mass is 10.1. The molecule has 142 valence electrons. The second kappa shape index (κ2) is 10.0. The fourth-order valence-electron chi connectivity index (χ4n) is 2.29. The van der Waals surface area contributed by atoms with E-state index in [1.54, 1.807) is 62.8 Å². The normalized spacial score (nSPS) is 10.5. The van der Waals surface area contributed by atoms with E-state index in [0.717, 1.165) is 12.0 Å². The van der Waals surface area contributed by atoms with Gasteiger partial charge in [0.15, 0.2) is 0 Å². The van der Waals surface area contributed by atoms with E-state index >= 15 is 0 Å². The number of nitrogens with one attached hydrogen (secondary N) is 1. The van der Waals surface area contributed by atoms with Gasteiger partial charge in [-0.15, -0.1) is 0 Å². The molecule has 0 bridgehead atoms. The lowest BCUT2D eigenvalue weighted by Gasteiger charge is -2.07. The molecule has 1 N–H and O–H groups in total. The van der Waals surface area contributed by atoms with Crippen molar-refractivity contribution in [2.24, 2.45) is 0 Å². The lowest BCUT2D eigenvalue weighted by molar-refractivity contribution is -0.111. The zero-order valence-electron chi connectivity index (χ0n) is 15.7. The predicted octanol–water partition coefficient (Wildman–Crippen LogP) is 3.92. The highest BCUT2D eigenvalue weighted by molar-refractivity contribution is 6.02. The van der Waals surface area contributed by atoms with Gasteiger partial charge >= 0.3 is 5.97 Å². The van der Waals surface area contributed by atoms with Crippen molar-refractivity contribution in [2.45, 2.75) is 13.3 Å². The largest absolute Gasteiger partial charge is 0.497 e. The van der Waals surface area contributed by atoms with Crippen molar-refractivity contribution in [1.82, 2.24) is 0 Å². The molecular weight excluding hydrogens is 346 g/mol. The van der Waals surface area contributed by atoms with Crippen LogP contribution in [0.5, 0.6) is 11.5 Å². The van der Waals surface area contributed by atoms with E-state index in [0.29, 0.717) is 29.4 Å². The molecule has 1 amide bonds. The number of carbonyl (C=O) groups is 2. The summed E-state index contributed by atoms with van der Waals surface area (Å²) in [6, 6.07) is 11.9. The van der Waals surface area contributed by atoms with E-state index < -0.39 is 0 Å². The molecule has 0 radical (unpaired) electrons. The van der Waals surface area contributed by atoms with Crippen molar-refractivity contribution in [3.63, 3.8) is 0 Å². The Morgan fingerprint density at radius 3 is 2.41 bits per heavy atom. The maximum Gasteiger partial charge on any atom is 0.338 e. The molecule has 0 atom stereocenters. The molecule has 0 saturated carbocycles. The van der Waals surface area contributed by atoms with E-state index in [1.807, 2.05) is 6.92 Å². The van der Waals surface area contributed by atoms with Gasteiger partial charge in [-0.2, -0.15) is 0 Å². The number of anilines is 1. The third kappa shape index (κ3) is 5.88. The van der Waals surface area contributed by atoms with Gasteiger partial charge in [-0.25, -0.2) is 4.79 Å². The van der Waals surface area contributed by atoms with Crippen LogP contribution in [-0.2, 0) is 9.53 Å². The number of ether oxygens (including phenoxy) is 3. The summed E-state index contributed by atoms with van der Waals surface area (Å²) in [6.45, 7) is 2.32. The molecule has 0 heterocycles. The molecule has 6 nitrogen and oxygen atoms in total. The second-order valence-corrected chi connectivity index (χ2v) is 5.64. The minimum atomic E-state index is -0.375. The summed E-state index contributed by atoms with van der Waals surface area (Å²) >= 11 is 0. The van der Waals surface area contributed by atoms with Crippen LogP contribution in [0.2, 0.25) is 0 Å². The topological polar surface area (TPSA) is 73.9 Å². The highest BCUT2D eigenvalue weighted by Crippen LogP contribution is 2.25. The minimum absolute atomic E-state index is 0.304. The molecule has 0 aromatic heterocycles. The van der Waals surface area contributed by atoms with Crippen LogP contribution in [-0.4, -0.2) is 32.7 Å². The predicted molar refractivity (Wildman–Crippen MR) is 104 cm³/mol. The fraction of sp³-hybridized carbons (Fsp3) is 0.238. The quantitative estimate of drug-likeness (QED) is 0.564. The van der Waals surface area contributed by atoms with E-state index in [4.69, 9.17) is 14.2 Å². The zero-order chi connectivity index (χ0) is 19.6. The molecule has 2 aromatic rings. The van der Waals surface area contributed by atoms with Crippen molar-refractivity contribution < 1.29 is 23.8 Å². The van der Waals surface area contributed by atoms with Crippen molar-refractivity contribution >= 4 is 23.6 Å². The Kier molecular flexibility index (Phi) is 7.43. The van der Waals surface area contributed by atoms with Crippen LogP contribution >= 0.6 is 0 Å². The van der Waals surface area contributed by atoms with Crippen molar-refractivity contribution in [3.05, 3.63) is 59.7 Å². The summed E-state index contributed by atoms with van der Waals surface area (Å²) in [6.07, 6.45) is 3.82. The van der Waals surface area contributed by atoms with Crippen molar-refractivity contribution in [1.29, 1.82) is 0 Å². The highest BCUT2D eigenvalue weighted by atomic mass is 16.5. The summed E-state index contributed by atoms with van der Waals surface area (Å²) in [5.74, 6) is 0.622. The van der Waals surface area contributed by atoms with Crippen LogP contribution < -0.4 is 14.8 Å². The van der Waals surface area contributed by atoms with E-state index in [2.05, 4.69) is 5.32 Å². The van der Waals surface area contributed by atoms with Crippen molar-refractivity contribution in [2.75, 3.05) is 26.1 Å². The Labute approximate surface area is 158 Å². The van der Waals surface area contributed by atoms with Crippen LogP contribution in [0.1, 0.15) is 29.3 Å². The molecule has 0 unspecified atom stereocenters. The summed E-state index contributed by atoms with van der Waals surface area (Å²) < 4.78 is 15.5. The van der Waals surface area contributed by atoms with Gasteiger partial charge in [0.05, 0.1) is 26.4 Å². The molecule has 6 heteroatoms. The van der Waals surface area contributed by atoms with Crippen LogP contribution in [0.25, 0.3) is 6.08 Å². The van der Waals surface area contributed by atoms with E-state index in [9.17, 15) is 9.59 Å². The molecule has 0 saturated heterocycles. The number of benzene rings is 2. The van der Waals surface area contributed by atoms with Gasteiger partial charge in [0.1, 0.15) is 11.5 Å². The monoisotopic (exact) mass is 369 g/mol. The SMILES string of the molecule is CCCOC(=O)c1ccc(NC(=O)/C=C/c2cc(OC)ccc2OC)cc1. The molecule has 27 heavy (non-hydrogen) atoms. The number of hydrogen-bond acceptors (Lipinski definition) is 5. The van der Waals surface area contributed by atoms with Gasteiger partial charge in [-0.3, -0.25) is 4.79 Å². The lowest BCUT2D eigenvalue weighted by Crippen LogP contribution is -2.09. The van der Waals surface area contributed by atoms with Crippen LogP contribution in [0.4, 0.5) is 5.69 Å². The molecule has 0 fully saturated rings. The fourth-order valence-corrected chi connectivity index (χ4v) is 2.29. The number of methoxy groups -OCH3 is 2. The summed E-state index contributed by atoms with van der Waals surface area (Å²) in [4.78, 5) is 23.9. The van der Waals surface area contributed by atoms with Gasteiger partial charge < -0.3 is 19.5 Å². The summed E-state index contributed by atoms with van der Waals surface area (Å²) in [7, 11) is 3.13. The molecule has 0 spiro atoms.